The van der Waals surface area contributed by atoms with E-state index in [9.17, 15) is 22.0 Å². The Morgan fingerprint density at radius 2 is 2.05 bits per heavy atom. The number of sulfone groups is 1. The lowest BCUT2D eigenvalue weighted by Crippen LogP contribution is -2.17. The van der Waals surface area contributed by atoms with Gasteiger partial charge in [0.2, 0.25) is 5.89 Å². The maximum Gasteiger partial charge on any atom is 0.303 e. The van der Waals surface area contributed by atoms with Gasteiger partial charge < -0.3 is 24.0 Å². The standard InChI is InChI=1S/C31H27F3N2O7S/c1-17(33)28(30(44(2,39)40)22-10-12-35-25(22)15-32)43-19-7-8-24(34)23(14-19)31-36-26(16-42-31)20-11-13-41-29-18(6-9-27(37)38)4-3-5-21(20)29/h3-5,7-8,10,12,14,16,20,35H,1,6,9,11,13,15H2,2H3,(H,37,38)/b30-28-. The highest BCUT2D eigenvalue weighted by Gasteiger charge is 2.30. The largest absolute Gasteiger partial charge is 0.493 e. The number of carboxylic acid groups (broad SMARTS) is 1. The van der Waals surface area contributed by atoms with Crippen molar-refractivity contribution in [3.8, 4) is 23.0 Å². The van der Waals surface area contributed by atoms with Crippen LogP contribution in [0.2, 0.25) is 0 Å². The van der Waals surface area contributed by atoms with Crippen molar-refractivity contribution in [2.75, 3.05) is 12.9 Å². The molecule has 2 N–H and O–H groups in total. The van der Waals surface area contributed by atoms with Gasteiger partial charge in [0, 0.05) is 35.9 Å². The van der Waals surface area contributed by atoms with Gasteiger partial charge in [-0.05, 0) is 42.7 Å². The van der Waals surface area contributed by atoms with Gasteiger partial charge >= 0.3 is 5.97 Å². The Morgan fingerprint density at radius 3 is 2.75 bits per heavy atom. The Labute approximate surface area is 250 Å². The van der Waals surface area contributed by atoms with Crippen molar-refractivity contribution in [2.45, 2.75) is 31.9 Å². The van der Waals surface area contributed by atoms with E-state index in [0.29, 0.717) is 24.5 Å². The Bertz CT molecular complexity index is 1880. The number of aromatic nitrogens is 2. The van der Waals surface area contributed by atoms with E-state index in [2.05, 4.69) is 16.5 Å². The zero-order valence-electron chi connectivity index (χ0n) is 23.4. The molecule has 0 fully saturated rings. The normalized spacial score (nSPS) is 15.2. The monoisotopic (exact) mass is 628 g/mol. The Hall–Kier alpha value is -4.78. The molecule has 0 spiro atoms. The Morgan fingerprint density at radius 1 is 1.25 bits per heavy atom. The summed E-state index contributed by atoms with van der Waals surface area (Å²) in [7, 11) is -4.18. The Balaban J connectivity index is 1.50. The van der Waals surface area contributed by atoms with Gasteiger partial charge in [0.05, 0.1) is 23.6 Å². The van der Waals surface area contributed by atoms with Gasteiger partial charge in [-0.2, -0.15) is 0 Å². The first kappa shape index (κ1) is 30.7. The number of alkyl halides is 1. The van der Waals surface area contributed by atoms with Crippen LogP contribution < -0.4 is 9.47 Å². The first-order valence-corrected chi connectivity index (χ1v) is 15.3. The minimum Gasteiger partial charge on any atom is -0.493 e. The van der Waals surface area contributed by atoms with Crippen LogP contribution in [0.5, 0.6) is 11.5 Å². The van der Waals surface area contributed by atoms with Crippen LogP contribution in [0.25, 0.3) is 16.4 Å². The maximum absolute atomic E-state index is 15.0. The fourth-order valence-electron chi connectivity index (χ4n) is 5.10. The minimum atomic E-state index is -4.18. The van der Waals surface area contributed by atoms with E-state index in [-0.39, 0.29) is 47.2 Å². The lowest BCUT2D eigenvalue weighted by Gasteiger charge is -2.26. The molecule has 3 heterocycles. The first-order valence-electron chi connectivity index (χ1n) is 13.4. The molecule has 0 bridgehead atoms. The first-order chi connectivity index (χ1) is 21.0. The van der Waals surface area contributed by atoms with E-state index in [1.807, 2.05) is 6.07 Å². The molecular weight excluding hydrogens is 601 g/mol. The van der Waals surface area contributed by atoms with Crippen molar-refractivity contribution >= 4 is 20.7 Å². The van der Waals surface area contributed by atoms with Gasteiger partial charge in [-0.25, -0.2) is 26.6 Å². The number of hydrogen-bond acceptors (Lipinski definition) is 7. The van der Waals surface area contributed by atoms with Crippen LogP contribution in [0, 0.1) is 5.82 Å². The molecule has 4 aromatic rings. The number of ether oxygens (including phenoxy) is 2. The summed E-state index contributed by atoms with van der Waals surface area (Å²) in [6, 6.07) is 10.1. The summed E-state index contributed by atoms with van der Waals surface area (Å²) in [6.45, 7) is 2.48. The average molecular weight is 629 g/mol. The summed E-state index contributed by atoms with van der Waals surface area (Å²) in [5.74, 6) is -3.68. The molecule has 0 aliphatic carbocycles. The zero-order valence-corrected chi connectivity index (χ0v) is 24.2. The number of oxazole rings is 1. The molecule has 2 aromatic heterocycles. The number of nitrogens with zero attached hydrogens (tertiary/aromatic N) is 1. The lowest BCUT2D eigenvalue weighted by molar-refractivity contribution is -0.136. The molecule has 1 atom stereocenters. The fraction of sp³-hybridized carbons (Fsp3) is 0.226. The quantitative estimate of drug-likeness (QED) is 0.142. The van der Waals surface area contributed by atoms with Gasteiger partial charge in [0.25, 0.3) is 0 Å². The second-order valence-electron chi connectivity index (χ2n) is 10.1. The van der Waals surface area contributed by atoms with E-state index >= 15 is 4.39 Å². The van der Waals surface area contributed by atoms with Crippen molar-refractivity contribution in [3.05, 3.63) is 107 Å². The molecule has 0 radical (unpaired) electrons. The average Bonchev–Trinajstić information content (AvgIpc) is 3.65. The van der Waals surface area contributed by atoms with Crippen LogP contribution in [0.15, 0.2) is 77.5 Å². The molecule has 5 rings (SSSR count). The smallest absolute Gasteiger partial charge is 0.303 e. The van der Waals surface area contributed by atoms with Gasteiger partial charge in [0.15, 0.2) is 21.4 Å². The number of fused-ring (bicyclic) bond motifs is 1. The number of H-pyrrole nitrogens is 1. The molecular formula is C31H27F3N2O7S. The lowest BCUT2D eigenvalue weighted by atomic mass is 9.88. The predicted octanol–water partition coefficient (Wildman–Crippen LogP) is 6.49. The van der Waals surface area contributed by atoms with Crippen molar-refractivity contribution in [2.24, 2.45) is 0 Å². The topological polar surface area (TPSA) is 132 Å². The molecule has 13 heteroatoms. The number of carboxylic acids is 1. The zero-order chi connectivity index (χ0) is 31.6. The number of aliphatic carboxylic acids is 1. The summed E-state index contributed by atoms with van der Waals surface area (Å²) in [5, 5.41) is 9.09. The summed E-state index contributed by atoms with van der Waals surface area (Å²) in [4.78, 5) is 17.5. The van der Waals surface area contributed by atoms with Gasteiger partial charge in [0.1, 0.15) is 35.2 Å². The summed E-state index contributed by atoms with van der Waals surface area (Å²) < 4.78 is 85.9. The Kier molecular flexibility index (Phi) is 8.68. The number of halogens is 3. The van der Waals surface area contributed by atoms with E-state index in [4.69, 9.17) is 19.0 Å². The van der Waals surface area contributed by atoms with E-state index in [1.165, 1.54) is 24.6 Å². The SMILES string of the molecule is C=C(F)/C(Oc1ccc(F)c(-c2nc(C3CCOc4c(CCC(=O)O)cccc43)co2)c1)=C(\c1cc[nH]c1CF)S(C)(=O)=O. The second kappa shape index (κ2) is 12.4. The number of benzene rings is 2. The molecule has 230 valence electrons. The summed E-state index contributed by atoms with van der Waals surface area (Å²) in [6.07, 6.45) is 4.27. The molecule has 1 aliphatic heterocycles. The third kappa shape index (κ3) is 6.27. The molecule has 1 aliphatic rings. The highest BCUT2D eigenvalue weighted by atomic mass is 32.2. The predicted molar refractivity (Wildman–Crippen MR) is 154 cm³/mol. The van der Waals surface area contributed by atoms with E-state index in [1.54, 1.807) is 12.1 Å². The van der Waals surface area contributed by atoms with Crippen LogP contribution in [0.1, 0.15) is 46.8 Å². The van der Waals surface area contributed by atoms with Crippen LogP contribution in [0.4, 0.5) is 13.2 Å². The van der Waals surface area contributed by atoms with E-state index in [0.717, 1.165) is 29.5 Å². The van der Waals surface area contributed by atoms with Crippen molar-refractivity contribution < 1.29 is 45.4 Å². The highest BCUT2D eigenvalue weighted by Crippen LogP contribution is 2.41. The number of hydrogen-bond donors (Lipinski definition) is 2. The third-order valence-electron chi connectivity index (χ3n) is 7.07. The second-order valence-corrected chi connectivity index (χ2v) is 12.0. The molecule has 2 aromatic carbocycles. The van der Waals surface area contributed by atoms with Crippen LogP contribution >= 0.6 is 0 Å². The minimum absolute atomic E-state index is 0.0587. The number of aryl methyl sites for hydroxylation is 1. The number of para-hydroxylation sites is 1. The fourth-order valence-corrected chi connectivity index (χ4v) is 6.18. The van der Waals surface area contributed by atoms with Crippen molar-refractivity contribution in [1.82, 2.24) is 9.97 Å². The molecule has 0 saturated heterocycles. The van der Waals surface area contributed by atoms with Gasteiger partial charge in [-0.15, -0.1) is 0 Å². The van der Waals surface area contributed by atoms with E-state index < -0.39 is 44.8 Å². The molecule has 1 unspecified atom stereocenters. The van der Waals surface area contributed by atoms with Crippen LogP contribution in [-0.2, 0) is 27.7 Å². The van der Waals surface area contributed by atoms with Gasteiger partial charge in [-0.3, -0.25) is 4.79 Å². The number of rotatable bonds is 11. The third-order valence-corrected chi connectivity index (χ3v) is 8.21. The molecule has 9 nitrogen and oxygen atoms in total. The molecule has 0 amide bonds. The highest BCUT2D eigenvalue weighted by molar-refractivity contribution is 8.00. The number of nitrogens with one attached hydrogen (secondary N) is 1. The van der Waals surface area contributed by atoms with Crippen molar-refractivity contribution in [3.63, 3.8) is 0 Å². The van der Waals surface area contributed by atoms with Gasteiger partial charge in [-0.1, -0.05) is 24.8 Å². The molecule has 0 saturated carbocycles. The van der Waals surface area contributed by atoms with Crippen LogP contribution in [-0.4, -0.2) is 42.3 Å². The van der Waals surface area contributed by atoms with Crippen molar-refractivity contribution in [1.29, 1.82) is 0 Å². The maximum atomic E-state index is 15.0. The number of allylic oxidation sites excluding steroid dienone is 1. The summed E-state index contributed by atoms with van der Waals surface area (Å²) >= 11 is 0. The number of aromatic amines is 1. The summed E-state index contributed by atoms with van der Waals surface area (Å²) in [5.41, 5.74) is 1.63. The van der Waals surface area contributed by atoms with Crippen LogP contribution in [0.3, 0.4) is 0 Å². The molecule has 44 heavy (non-hydrogen) atoms. The number of carbonyl (C=O) groups is 1.